The van der Waals surface area contributed by atoms with Gasteiger partial charge in [0, 0.05) is 6.42 Å². The highest BCUT2D eigenvalue weighted by Crippen LogP contribution is 2.18. The second-order valence-corrected chi connectivity index (χ2v) is 3.37. The van der Waals surface area contributed by atoms with E-state index >= 15 is 0 Å². The van der Waals surface area contributed by atoms with Crippen molar-refractivity contribution in [2.75, 3.05) is 26.4 Å². The molecule has 2 unspecified atom stereocenters. The first-order valence-electron chi connectivity index (χ1n) is 4.90. The molecule has 5 nitrogen and oxygen atoms in total. The van der Waals surface area contributed by atoms with Crippen molar-refractivity contribution in [3.05, 3.63) is 11.8 Å². The summed E-state index contributed by atoms with van der Waals surface area (Å²) in [6.45, 7) is 2.58. The molecule has 0 radical (unpaired) electrons. The summed E-state index contributed by atoms with van der Waals surface area (Å²) < 4.78 is 16.3. The van der Waals surface area contributed by atoms with Crippen LogP contribution in [-0.2, 0) is 14.2 Å². The van der Waals surface area contributed by atoms with Gasteiger partial charge in [-0.3, -0.25) is 5.84 Å². The van der Waals surface area contributed by atoms with E-state index < -0.39 is 0 Å². The molecule has 0 spiro atoms. The Morgan fingerprint density at radius 1 is 1.43 bits per heavy atom. The van der Waals surface area contributed by atoms with Gasteiger partial charge in [0.1, 0.15) is 17.9 Å². The van der Waals surface area contributed by atoms with Crippen molar-refractivity contribution in [2.45, 2.75) is 18.6 Å². The molecule has 0 aromatic carbocycles. The normalized spacial score (nSPS) is 29.5. The molecule has 0 bridgehead atoms. The summed E-state index contributed by atoms with van der Waals surface area (Å²) in [7, 11) is 0. The van der Waals surface area contributed by atoms with Gasteiger partial charge in [0.2, 0.25) is 0 Å². The van der Waals surface area contributed by atoms with Gasteiger partial charge >= 0.3 is 0 Å². The minimum Gasteiger partial charge on any atom is -0.496 e. The third-order valence-electron chi connectivity index (χ3n) is 2.43. The number of nitrogens with two attached hydrogens (primary N) is 1. The number of hydrogen-bond acceptors (Lipinski definition) is 5. The third kappa shape index (κ3) is 2.06. The van der Waals surface area contributed by atoms with E-state index in [2.05, 4.69) is 5.43 Å². The van der Waals surface area contributed by atoms with E-state index in [0.717, 1.165) is 18.8 Å². The smallest absolute Gasteiger partial charge is 0.113 e. The average molecular weight is 200 g/mol. The summed E-state index contributed by atoms with van der Waals surface area (Å²) in [5, 5.41) is 0. The van der Waals surface area contributed by atoms with E-state index in [1.165, 1.54) is 0 Å². The average Bonchev–Trinajstić information content (AvgIpc) is 2.74. The zero-order valence-corrected chi connectivity index (χ0v) is 8.07. The molecule has 2 rings (SSSR count). The predicted molar refractivity (Wildman–Crippen MR) is 50.3 cm³/mol. The Bertz CT molecular complexity index is 214. The topological polar surface area (TPSA) is 65.7 Å². The summed E-state index contributed by atoms with van der Waals surface area (Å²) in [6.07, 6.45) is 2.95. The van der Waals surface area contributed by atoms with Crippen molar-refractivity contribution >= 4 is 0 Å². The fourth-order valence-corrected chi connectivity index (χ4v) is 1.72. The quantitative estimate of drug-likeness (QED) is 0.476. The molecule has 2 heterocycles. The molecule has 14 heavy (non-hydrogen) atoms. The van der Waals surface area contributed by atoms with Gasteiger partial charge in [0.15, 0.2) is 0 Å². The summed E-state index contributed by atoms with van der Waals surface area (Å²) >= 11 is 0. The van der Waals surface area contributed by atoms with Crippen LogP contribution in [0.15, 0.2) is 11.8 Å². The van der Waals surface area contributed by atoms with Crippen molar-refractivity contribution < 1.29 is 14.2 Å². The monoisotopic (exact) mass is 200 g/mol. The van der Waals surface area contributed by atoms with Crippen LogP contribution in [0.25, 0.3) is 0 Å². The van der Waals surface area contributed by atoms with Crippen LogP contribution in [0.1, 0.15) is 6.42 Å². The molecule has 80 valence electrons. The highest BCUT2D eigenvalue weighted by molar-refractivity contribution is 5.09. The molecule has 1 saturated heterocycles. The fourth-order valence-electron chi connectivity index (χ4n) is 1.72. The van der Waals surface area contributed by atoms with Crippen LogP contribution in [0, 0.1) is 0 Å². The van der Waals surface area contributed by atoms with Gasteiger partial charge in [-0.05, 0) is 6.08 Å². The van der Waals surface area contributed by atoms with Crippen molar-refractivity contribution in [1.29, 1.82) is 0 Å². The molecular formula is C9H16N2O3. The largest absolute Gasteiger partial charge is 0.496 e. The van der Waals surface area contributed by atoms with Gasteiger partial charge in [0.05, 0.1) is 26.4 Å². The molecule has 0 aliphatic carbocycles. The van der Waals surface area contributed by atoms with Crippen LogP contribution >= 0.6 is 0 Å². The minimum atomic E-state index is -0.0854. The third-order valence-corrected chi connectivity index (χ3v) is 2.43. The molecule has 0 saturated carbocycles. The van der Waals surface area contributed by atoms with Crippen LogP contribution in [0.2, 0.25) is 0 Å². The summed E-state index contributed by atoms with van der Waals surface area (Å²) in [4.78, 5) is 0. The predicted octanol–water partition coefficient (Wildman–Crippen LogP) is -0.462. The van der Waals surface area contributed by atoms with Crippen LogP contribution in [-0.4, -0.2) is 38.6 Å². The molecule has 1 fully saturated rings. The Hall–Kier alpha value is -0.620. The lowest BCUT2D eigenvalue weighted by molar-refractivity contribution is -0.101. The van der Waals surface area contributed by atoms with Crippen LogP contribution < -0.4 is 11.3 Å². The Kier molecular flexibility index (Phi) is 3.36. The number of hydrazine groups is 1. The molecule has 2 atom stereocenters. The van der Waals surface area contributed by atoms with Gasteiger partial charge in [-0.15, -0.1) is 0 Å². The lowest BCUT2D eigenvalue weighted by Gasteiger charge is -2.30. The Balaban J connectivity index is 1.96. The lowest BCUT2D eigenvalue weighted by Crippen LogP contribution is -2.50. The molecule has 5 heteroatoms. The zero-order chi connectivity index (χ0) is 9.80. The molecule has 0 aromatic rings. The van der Waals surface area contributed by atoms with Gasteiger partial charge in [-0.1, -0.05) is 0 Å². The highest BCUT2D eigenvalue weighted by Gasteiger charge is 2.29. The SMILES string of the molecule is NNC(C1=CCCO1)C1COCCO1. The van der Waals surface area contributed by atoms with Gasteiger partial charge in [-0.25, -0.2) is 5.43 Å². The number of nitrogens with one attached hydrogen (secondary N) is 1. The number of rotatable bonds is 3. The van der Waals surface area contributed by atoms with Gasteiger partial charge in [0.25, 0.3) is 0 Å². The summed E-state index contributed by atoms with van der Waals surface area (Å²) in [5.41, 5.74) is 2.72. The van der Waals surface area contributed by atoms with Crippen molar-refractivity contribution in [3.63, 3.8) is 0 Å². The fraction of sp³-hybridized carbons (Fsp3) is 0.778. The maximum atomic E-state index is 5.56. The van der Waals surface area contributed by atoms with E-state index in [0.29, 0.717) is 19.8 Å². The van der Waals surface area contributed by atoms with Crippen LogP contribution in [0.4, 0.5) is 0 Å². The maximum absolute atomic E-state index is 5.56. The molecule has 2 aliphatic rings. The van der Waals surface area contributed by atoms with E-state index in [-0.39, 0.29) is 12.1 Å². The van der Waals surface area contributed by atoms with Crippen molar-refractivity contribution in [2.24, 2.45) is 5.84 Å². The van der Waals surface area contributed by atoms with E-state index in [1.807, 2.05) is 6.08 Å². The Morgan fingerprint density at radius 3 is 2.93 bits per heavy atom. The van der Waals surface area contributed by atoms with Gasteiger partial charge in [-0.2, -0.15) is 0 Å². The molecular weight excluding hydrogens is 184 g/mol. The molecule has 3 N–H and O–H groups in total. The first kappa shape index (κ1) is 9.92. The minimum absolute atomic E-state index is 0.0434. The van der Waals surface area contributed by atoms with Gasteiger partial charge < -0.3 is 14.2 Å². The van der Waals surface area contributed by atoms with Crippen LogP contribution in [0.3, 0.4) is 0 Å². The number of hydrogen-bond donors (Lipinski definition) is 2. The van der Waals surface area contributed by atoms with E-state index in [9.17, 15) is 0 Å². The summed E-state index contributed by atoms with van der Waals surface area (Å²) in [5.74, 6) is 6.35. The Labute approximate surface area is 83.2 Å². The maximum Gasteiger partial charge on any atom is 0.113 e. The van der Waals surface area contributed by atoms with Crippen LogP contribution in [0.5, 0.6) is 0 Å². The highest BCUT2D eigenvalue weighted by atomic mass is 16.6. The molecule has 0 aromatic heterocycles. The lowest BCUT2D eigenvalue weighted by atomic mass is 10.1. The van der Waals surface area contributed by atoms with Crippen molar-refractivity contribution in [3.8, 4) is 0 Å². The molecule has 0 amide bonds. The standard InChI is InChI=1S/C9H16N2O3/c10-11-9(7-2-1-3-13-7)8-6-12-4-5-14-8/h2,8-9,11H,1,3-6,10H2. The van der Waals surface area contributed by atoms with E-state index in [4.69, 9.17) is 20.1 Å². The first-order chi connectivity index (χ1) is 6.92. The first-order valence-corrected chi connectivity index (χ1v) is 4.90. The number of ether oxygens (including phenoxy) is 3. The van der Waals surface area contributed by atoms with Crippen molar-refractivity contribution in [1.82, 2.24) is 5.43 Å². The second-order valence-electron chi connectivity index (χ2n) is 3.37. The zero-order valence-electron chi connectivity index (χ0n) is 8.07. The summed E-state index contributed by atoms with van der Waals surface area (Å²) in [6, 6.07) is -0.0854. The van der Waals surface area contributed by atoms with E-state index in [1.54, 1.807) is 0 Å². The second kappa shape index (κ2) is 4.75. The Morgan fingerprint density at radius 2 is 2.36 bits per heavy atom. The molecule has 2 aliphatic heterocycles.